The normalized spacial score (nSPS) is 13.1. The lowest BCUT2D eigenvalue weighted by Gasteiger charge is -2.22. The molecule has 0 saturated carbocycles. The van der Waals surface area contributed by atoms with Crippen LogP contribution in [0.4, 0.5) is 0 Å². The van der Waals surface area contributed by atoms with Crippen molar-refractivity contribution in [2.75, 3.05) is 5.75 Å². The van der Waals surface area contributed by atoms with Gasteiger partial charge in [0, 0.05) is 24.3 Å². The Morgan fingerprint density at radius 2 is 1.49 bits per heavy atom. The van der Waals surface area contributed by atoms with E-state index in [-0.39, 0.29) is 25.0 Å². The van der Waals surface area contributed by atoms with Crippen molar-refractivity contribution in [3.05, 3.63) is 35.4 Å². The van der Waals surface area contributed by atoms with Gasteiger partial charge in [0.15, 0.2) is 0 Å². The second-order valence-electron chi connectivity index (χ2n) is 7.81. The molecule has 0 unspecified atom stereocenters. The minimum atomic E-state index is -1.33. The fourth-order valence-corrected chi connectivity index (χ4v) is 3.50. The molecule has 1 rings (SSSR count). The van der Waals surface area contributed by atoms with Crippen LogP contribution in [0.5, 0.6) is 0 Å². The van der Waals surface area contributed by atoms with Crippen molar-refractivity contribution in [1.82, 2.24) is 16.0 Å². The summed E-state index contributed by atoms with van der Waals surface area (Å²) < 4.78 is 0. The number of rotatable bonds is 17. The van der Waals surface area contributed by atoms with Crippen molar-refractivity contribution in [2.24, 2.45) is 5.92 Å². The van der Waals surface area contributed by atoms with E-state index in [1.54, 1.807) is 24.3 Å². The third-order valence-electron chi connectivity index (χ3n) is 5.02. The van der Waals surface area contributed by atoms with Gasteiger partial charge in [-0.2, -0.15) is 12.6 Å². The van der Waals surface area contributed by atoms with Crippen LogP contribution >= 0.6 is 12.6 Å². The van der Waals surface area contributed by atoms with E-state index in [4.69, 9.17) is 10.2 Å². The molecule has 35 heavy (non-hydrogen) atoms. The van der Waals surface area contributed by atoms with Crippen molar-refractivity contribution < 1.29 is 44.1 Å². The number of hydrogen-bond donors (Lipinski definition) is 7. The average molecular weight is 512 g/mol. The SMILES string of the molecule is O=CNCc1ccc(CC(=O)N[C@H](CC[C@@H](CC(=O)O)C(=O)N[C@@H](CS)C(=O)O)CC(=O)O)cc1. The number of nitrogens with one attached hydrogen (secondary N) is 3. The van der Waals surface area contributed by atoms with Gasteiger partial charge >= 0.3 is 17.9 Å². The predicted molar refractivity (Wildman–Crippen MR) is 126 cm³/mol. The first-order valence-electron chi connectivity index (χ1n) is 10.7. The topological polar surface area (TPSA) is 199 Å². The highest BCUT2D eigenvalue weighted by atomic mass is 32.1. The maximum Gasteiger partial charge on any atom is 0.327 e. The molecule has 0 aliphatic rings. The Labute approximate surface area is 206 Å². The highest BCUT2D eigenvalue weighted by Gasteiger charge is 2.28. The third kappa shape index (κ3) is 11.9. The summed E-state index contributed by atoms with van der Waals surface area (Å²) in [7, 11) is 0. The quantitative estimate of drug-likeness (QED) is 0.109. The first kappa shape index (κ1) is 29.4. The van der Waals surface area contributed by atoms with Gasteiger partial charge in [0.05, 0.1) is 19.3 Å². The largest absolute Gasteiger partial charge is 0.481 e. The van der Waals surface area contributed by atoms with E-state index in [0.29, 0.717) is 18.5 Å². The van der Waals surface area contributed by atoms with Gasteiger partial charge in [-0.15, -0.1) is 0 Å². The molecule has 3 atom stereocenters. The van der Waals surface area contributed by atoms with Crippen LogP contribution in [0.1, 0.15) is 36.8 Å². The second-order valence-corrected chi connectivity index (χ2v) is 8.17. The van der Waals surface area contributed by atoms with Gasteiger partial charge in [0.2, 0.25) is 18.2 Å². The maximum absolute atomic E-state index is 12.5. The van der Waals surface area contributed by atoms with Crippen molar-refractivity contribution in [1.29, 1.82) is 0 Å². The van der Waals surface area contributed by atoms with Crippen molar-refractivity contribution in [3.63, 3.8) is 0 Å². The zero-order valence-corrected chi connectivity index (χ0v) is 19.7. The molecule has 0 spiro atoms. The summed E-state index contributed by atoms with van der Waals surface area (Å²) in [5, 5.41) is 34.7. The monoisotopic (exact) mass is 511 g/mol. The van der Waals surface area contributed by atoms with Crippen LogP contribution < -0.4 is 16.0 Å². The molecule has 3 amide bonds. The molecule has 0 saturated heterocycles. The van der Waals surface area contributed by atoms with E-state index in [1.807, 2.05) is 0 Å². The Morgan fingerprint density at radius 1 is 0.886 bits per heavy atom. The number of benzene rings is 1. The Bertz CT molecular complexity index is 908. The predicted octanol–water partition coefficient (Wildman–Crippen LogP) is -0.195. The van der Waals surface area contributed by atoms with Crippen molar-refractivity contribution in [2.45, 2.75) is 50.7 Å². The Hall–Kier alpha value is -3.61. The lowest BCUT2D eigenvalue weighted by atomic mass is 9.94. The first-order valence-corrected chi connectivity index (χ1v) is 11.3. The number of carboxylic acids is 3. The zero-order valence-electron chi connectivity index (χ0n) is 18.8. The molecule has 0 fully saturated rings. The third-order valence-corrected chi connectivity index (χ3v) is 5.38. The summed E-state index contributed by atoms with van der Waals surface area (Å²) in [5.74, 6) is -6.40. The van der Waals surface area contributed by atoms with E-state index in [2.05, 4.69) is 28.6 Å². The highest BCUT2D eigenvalue weighted by Crippen LogP contribution is 2.16. The summed E-state index contributed by atoms with van der Waals surface area (Å²) >= 11 is 3.85. The molecule has 0 heterocycles. The van der Waals surface area contributed by atoms with Gasteiger partial charge in [-0.25, -0.2) is 4.79 Å². The Balaban J connectivity index is 2.79. The van der Waals surface area contributed by atoms with Crippen LogP contribution in [0.3, 0.4) is 0 Å². The molecule has 0 aromatic heterocycles. The van der Waals surface area contributed by atoms with Gasteiger partial charge in [0.1, 0.15) is 6.04 Å². The standard InChI is InChI=1S/C22H29N3O9S/c26-12-23-10-14-3-1-13(2-4-14)7-18(27)24-16(9-20(30)31)6-5-15(8-19(28)29)21(32)25-17(11-35)22(33)34/h1-4,12,15-17,35H,5-11H2,(H,23,26)(H,24,27)(H,25,32)(H,28,29)(H,30,31)(H,33,34)/t15-,16+,17-/m0/s1. The lowest BCUT2D eigenvalue weighted by molar-refractivity contribution is -0.144. The van der Waals surface area contributed by atoms with E-state index in [9.17, 15) is 33.9 Å². The fourth-order valence-electron chi connectivity index (χ4n) is 3.25. The number of thiol groups is 1. The van der Waals surface area contributed by atoms with Crippen molar-refractivity contribution in [3.8, 4) is 0 Å². The molecule has 0 aliphatic heterocycles. The van der Waals surface area contributed by atoms with E-state index < -0.39 is 60.6 Å². The molecule has 1 aromatic rings. The number of amides is 3. The summed E-state index contributed by atoms with van der Waals surface area (Å²) in [5.41, 5.74) is 1.48. The number of carboxylic acid groups (broad SMARTS) is 3. The first-order chi connectivity index (χ1) is 16.5. The summed E-state index contributed by atoms with van der Waals surface area (Å²) in [6.45, 7) is 0.336. The fraction of sp³-hybridized carbons (Fsp3) is 0.455. The molecular formula is C22H29N3O9S. The molecule has 13 heteroatoms. The average Bonchev–Trinajstić information content (AvgIpc) is 2.78. The van der Waals surface area contributed by atoms with E-state index in [0.717, 1.165) is 5.56 Å². The second kappa shape index (κ2) is 15.3. The molecule has 0 radical (unpaired) electrons. The molecule has 0 aliphatic carbocycles. The van der Waals surface area contributed by atoms with Gasteiger partial charge in [-0.3, -0.25) is 24.0 Å². The number of hydrogen-bond acceptors (Lipinski definition) is 7. The highest BCUT2D eigenvalue weighted by molar-refractivity contribution is 7.80. The molecule has 1 aromatic carbocycles. The van der Waals surface area contributed by atoms with Crippen LogP contribution in [0, 0.1) is 5.92 Å². The number of carbonyl (C=O) groups excluding carboxylic acids is 3. The molecule has 12 nitrogen and oxygen atoms in total. The summed E-state index contributed by atoms with van der Waals surface area (Å²) in [6.07, 6.45) is -0.619. The zero-order chi connectivity index (χ0) is 26.4. The molecule has 192 valence electrons. The smallest absolute Gasteiger partial charge is 0.327 e. The minimum Gasteiger partial charge on any atom is -0.481 e. The van der Waals surface area contributed by atoms with Gasteiger partial charge in [0.25, 0.3) is 0 Å². The van der Waals surface area contributed by atoms with Crippen LogP contribution in [0.25, 0.3) is 0 Å². The summed E-state index contributed by atoms with van der Waals surface area (Å²) in [4.78, 5) is 68.8. The number of carbonyl (C=O) groups is 6. The van der Waals surface area contributed by atoms with Crippen LogP contribution in [-0.2, 0) is 41.7 Å². The Kier molecular flexibility index (Phi) is 12.9. The van der Waals surface area contributed by atoms with Gasteiger partial charge in [-0.05, 0) is 24.0 Å². The maximum atomic E-state index is 12.5. The van der Waals surface area contributed by atoms with E-state index >= 15 is 0 Å². The molecule has 0 bridgehead atoms. The van der Waals surface area contributed by atoms with Crippen LogP contribution in [0.2, 0.25) is 0 Å². The van der Waals surface area contributed by atoms with Crippen molar-refractivity contribution >= 4 is 48.8 Å². The number of aliphatic carboxylic acids is 3. The van der Waals surface area contributed by atoms with Gasteiger partial charge in [-0.1, -0.05) is 24.3 Å². The molecule has 6 N–H and O–H groups in total. The lowest BCUT2D eigenvalue weighted by Crippen LogP contribution is -2.45. The van der Waals surface area contributed by atoms with Crippen LogP contribution in [0.15, 0.2) is 24.3 Å². The summed E-state index contributed by atoms with van der Waals surface area (Å²) in [6, 6.07) is 4.68. The van der Waals surface area contributed by atoms with Gasteiger partial charge < -0.3 is 31.3 Å². The molecular weight excluding hydrogens is 482 g/mol. The minimum absolute atomic E-state index is 0.0156. The Morgan fingerprint density at radius 3 is 2.00 bits per heavy atom. The van der Waals surface area contributed by atoms with Crippen LogP contribution in [-0.4, -0.2) is 69.3 Å². The van der Waals surface area contributed by atoms with E-state index in [1.165, 1.54) is 0 Å².